The van der Waals surface area contributed by atoms with Gasteiger partial charge in [0.05, 0.1) is 24.2 Å². The van der Waals surface area contributed by atoms with Crippen molar-refractivity contribution in [3.63, 3.8) is 0 Å². The third kappa shape index (κ3) is 3.80. The van der Waals surface area contributed by atoms with Gasteiger partial charge in [0.25, 0.3) is 0 Å². The van der Waals surface area contributed by atoms with Crippen molar-refractivity contribution in [2.75, 3.05) is 25.5 Å². The van der Waals surface area contributed by atoms with Crippen molar-refractivity contribution in [1.82, 2.24) is 9.46 Å². The molecular weight excluding hydrogens is 342 g/mol. The summed E-state index contributed by atoms with van der Waals surface area (Å²) in [5.74, 6) is 0.582. The average molecular weight is 365 g/mol. The fraction of sp³-hybridized carbons (Fsp3) is 0.471. The van der Waals surface area contributed by atoms with E-state index in [0.29, 0.717) is 31.1 Å². The quantitative estimate of drug-likeness (QED) is 0.847. The van der Waals surface area contributed by atoms with E-state index in [9.17, 15) is 8.42 Å². The van der Waals surface area contributed by atoms with Gasteiger partial charge in [0, 0.05) is 18.7 Å². The highest BCUT2D eigenvalue weighted by molar-refractivity contribution is 7.89. The van der Waals surface area contributed by atoms with E-state index in [-0.39, 0.29) is 4.90 Å². The number of rotatable bonds is 6. The molecule has 25 heavy (non-hydrogen) atoms. The van der Waals surface area contributed by atoms with Crippen LogP contribution in [0.2, 0.25) is 0 Å². The van der Waals surface area contributed by atoms with Gasteiger partial charge in [0.2, 0.25) is 10.0 Å². The van der Waals surface area contributed by atoms with E-state index in [1.54, 1.807) is 35.9 Å². The minimum atomic E-state index is -3.49. The van der Waals surface area contributed by atoms with E-state index < -0.39 is 10.0 Å². The fourth-order valence-electron chi connectivity index (χ4n) is 2.90. The highest BCUT2D eigenvalue weighted by atomic mass is 32.2. The van der Waals surface area contributed by atoms with Crippen LogP contribution in [0.4, 0.5) is 5.69 Å². The number of benzene rings is 1. The van der Waals surface area contributed by atoms with E-state index in [2.05, 4.69) is 10.5 Å². The van der Waals surface area contributed by atoms with Crippen molar-refractivity contribution in [2.24, 2.45) is 0 Å². The average Bonchev–Trinajstić information content (AvgIpc) is 3.05. The lowest BCUT2D eigenvalue weighted by atomic mass is 10.2. The van der Waals surface area contributed by atoms with E-state index in [4.69, 9.17) is 9.26 Å². The predicted molar refractivity (Wildman–Crippen MR) is 94.2 cm³/mol. The van der Waals surface area contributed by atoms with Crippen LogP contribution in [0.3, 0.4) is 0 Å². The van der Waals surface area contributed by atoms with Crippen molar-refractivity contribution < 1.29 is 17.7 Å². The summed E-state index contributed by atoms with van der Waals surface area (Å²) in [6.07, 6.45) is 4.47. The highest BCUT2D eigenvalue weighted by Crippen LogP contribution is 2.30. The van der Waals surface area contributed by atoms with Crippen LogP contribution in [0.5, 0.6) is 5.75 Å². The van der Waals surface area contributed by atoms with Gasteiger partial charge in [0.1, 0.15) is 17.7 Å². The molecule has 0 radical (unpaired) electrons. The Morgan fingerprint density at radius 3 is 2.68 bits per heavy atom. The molecule has 3 rings (SSSR count). The van der Waals surface area contributed by atoms with Crippen LogP contribution < -0.4 is 10.1 Å². The third-order valence-corrected chi connectivity index (χ3v) is 6.31. The zero-order valence-electron chi connectivity index (χ0n) is 14.5. The molecule has 1 saturated heterocycles. The smallest absolute Gasteiger partial charge is 0.243 e. The normalized spacial score (nSPS) is 15.9. The van der Waals surface area contributed by atoms with Crippen LogP contribution in [0, 0.1) is 6.92 Å². The number of ether oxygens (including phenoxy) is 1. The van der Waals surface area contributed by atoms with Gasteiger partial charge in [-0.15, -0.1) is 0 Å². The first-order chi connectivity index (χ1) is 12.0. The predicted octanol–water partition coefficient (Wildman–Crippen LogP) is 2.78. The lowest BCUT2D eigenvalue weighted by Gasteiger charge is -2.26. The molecule has 1 N–H and O–H groups in total. The summed E-state index contributed by atoms with van der Waals surface area (Å²) >= 11 is 0. The molecule has 0 saturated carbocycles. The summed E-state index contributed by atoms with van der Waals surface area (Å²) in [5.41, 5.74) is 2.32. The zero-order valence-corrected chi connectivity index (χ0v) is 15.3. The monoisotopic (exact) mass is 365 g/mol. The Labute approximate surface area is 148 Å². The molecule has 1 fully saturated rings. The van der Waals surface area contributed by atoms with Crippen LogP contribution >= 0.6 is 0 Å². The number of hydrogen-bond acceptors (Lipinski definition) is 6. The molecule has 8 heteroatoms. The summed E-state index contributed by atoms with van der Waals surface area (Å²) < 4.78 is 37.5. The van der Waals surface area contributed by atoms with Gasteiger partial charge in [0.15, 0.2) is 0 Å². The second-order valence-electron chi connectivity index (χ2n) is 6.12. The Balaban J connectivity index is 1.85. The molecule has 0 amide bonds. The summed E-state index contributed by atoms with van der Waals surface area (Å²) in [5, 5.41) is 7.12. The van der Waals surface area contributed by atoms with Crippen LogP contribution in [0.1, 0.15) is 30.5 Å². The molecule has 0 atom stereocenters. The van der Waals surface area contributed by atoms with E-state index >= 15 is 0 Å². The number of piperidine rings is 1. The lowest BCUT2D eigenvalue weighted by Crippen LogP contribution is -2.35. The molecule has 136 valence electrons. The van der Waals surface area contributed by atoms with Crippen molar-refractivity contribution in [2.45, 2.75) is 37.6 Å². The molecule has 0 spiro atoms. The largest absolute Gasteiger partial charge is 0.495 e. The first-order valence-electron chi connectivity index (χ1n) is 8.34. The van der Waals surface area contributed by atoms with Gasteiger partial charge in [-0.2, -0.15) is 4.31 Å². The number of hydrogen-bond donors (Lipinski definition) is 1. The van der Waals surface area contributed by atoms with Crippen LogP contribution in [0.25, 0.3) is 0 Å². The molecule has 1 aliphatic rings. The fourth-order valence-corrected chi connectivity index (χ4v) is 4.44. The first-order valence-corrected chi connectivity index (χ1v) is 9.78. The Bertz CT molecular complexity index is 826. The van der Waals surface area contributed by atoms with Crippen molar-refractivity contribution >= 4 is 15.7 Å². The third-order valence-electron chi connectivity index (χ3n) is 4.42. The SMILES string of the molecule is COc1ccc(S(=O)(=O)N2CCCCC2)cc1NCc1nocc1C. The molecule has 0 aliphatic carbocycles. The molecule has 0 unspecified atom stereocenters. The maximum Gasteiger partial charge on any atom is 0.243 e. The minimum Gasteiger partial charge on any atom is -0.495 e. The molecule has 7 nitrogen and oxygen atoms in total. The standard InChI is InChI=1S/C17H23N3O4S/c1-13-12-24-19-16(13)11-18-15-10-14(6-7-17(15)23-2)25(21,22)20-8-4-3-5-9-20/h6-7,10,12,18H,3-5,8-9,11H2,1-2H3. The Hall–Kier alpha value is -2.06. The van der Waals surface area contributed by atoms with Crippen molar-refractivity contribution in [1.29, 1.82) is 0 Å². The number of aromatic nitrogens is 1. The van der Waals surface area contributed by atoms with Crippen LogP contribution in [-0.2, 0) is 16.6 Å². The van der Waals surface area contributed by atoms with Gasteiger partial charge < -0.3 is 14.6 Å². The maximum absolute atomic E-state index is 12.9. The van der Waals surface area contributed by atoms with Gasteiger partial charge >= 0.3 is 0 Å². The van der Waals surface area contributed by atoms with E-state index in [0.717, 1.165) is 30.5 Å². The number of aryl methyl sites for hydroxylation is 1. The zero-order chi connectivity index (χ0) is 17.9. The summed E-state index contributed by atoms with van der Waals surface area (Å²) in [4.78, 5) is 0.273. The Morgan fingerprint density at radius 2 is 2.04 bits per heavy atom. The van der Waals surface area contributed by atoms with Gasteiger partial charge in [-0.1, -0.05) is 11.6 Å². The maximum atomic E-state index is 12.9. The van der Waals surface area contributed by atoms with Crippen molar-refractivity contribution in [3.05, 3.63) is 35.7 Å². The second kappa shape index (κ2) is 7.45. The topological polar surface area (TPSA) is 84.7 Å². The number of sulfonamides is 1. The van der Waals surface area contributed by atoms with Gasteiger partial charge in [-0.3, -0.25) is 0 Å². The highest BCUT2D eigenvalue weighted by Gasteiger charge is 2.26. The van der Waals surface area contributed by atoms with Crippen LogP contribution in [-0.4, -0.2) is 38.1 Å². The molecule has 1 aliphatic heterocycles. The lowest BCUT2D eigenvalue weighted by molar-refractivity contribution is 0.346. The molecule has 0 bridgehead atoms. The van der Waals surface area contributed by atoms with Gasteiger partial charge in [-0.05, 0) is 38.0 Å². The summed E-state index contributed by atoms with van der Waals surface area (Å²) in [6, 6.07) is 4.89. The minimum absolute atomic E-state index is 0.273. The number of nitrogens with zero attached hydrogens (tertiary/aromatic N) is 2. The first kappa shape index (κ1) is 17.8. The molecule has 1 aromatic carbocycles. The van der Waals surface area contributed by atoms with Crippen molar-refractivity contribution in [3.8, 4) is 5.75 Å². The number of methoxy groups -OCH3 is 1. The number of anilines is 1. The Morgan fingerprint density at radius 1 is 1.28 bits per heavy atom. The Kier molecular flexibility index (Phi) is 5.29. The van der Waals surface area contributed by atoms with Crippen LogP contribution in [0.15, 0.2) is 33.9 Å². The molecular formula is C17H23N3O4S. The number of nitrogens with one attached hydrogen (secondary N) is 1. The van der Waals surface area contributed by atoms with E-state index in [1.807, 2.05) is 6.92 Å². The summed E-state index contributed by atoms with van der Waals surface area (Å²) in [6.45, 7) is 3.48. The molecule has 2 heterocycles. The molecule has 1 aromatic heterocycles. The summed E-state index contributed by atoms with van der Waals surface area (Å²) in [7, 11) is -1.93. The van der Waals surface area contributed by atoms with E-state index in [1.165, 1.54) is 0 Å². The van der Waals surface area contributed by atoms with Gasteiger partial charge in [-0.25, -0.2) is 8.42 Å². The molecule has 2 aromatic rings. The second-order valence-corrected chi connectivity index (χ2v) is 8.06.